The quantitative estimate of drug-likeness (QED) is 0.561. The fourth-order valence-corrected chi connectivity index (χ4v) is 0.957. The van der Waals surface area contributed by atoms with E-state index in [2.05, 4.69) is 0 Å². The molecule has 4 heteroatoms. The lowest BCUT2D eigenvalue weighted by molar-refractivity contribution is 0.0272. The zero-order chi connectivity index (χ0) is 8.10. The maximum Gasteiger partial charge on any atom is 0.0831 e. The highest BCUT2D eigenvalue weighted by Crippen LogP contribution is 2.07. The Labute approximate surface area is 66.3 Å². The molecule has 1 fully saturated rings. The first kappa shape index (κ1) is 8.93. The number of hydrogen-bond donors (Lipinski definition) is 2. The molecule has 0 amide bonds. The first-order valence-electron chi connectivity index (χ1n) is 3.88. The molecule has 0 spiro atoms. The predicted octanol–water partition coefficient (Wildman–Crippen LogP) is -0.889. The van der Waals surface area contributed by atoms with Crippen LogP contribution in [0, 0.1) is 0 Å². The molecule has 1 aliphatic heterocycles. The van der Waals surface area contributed by atoms with Gasteiger partial charge in [0.05, 0.1) is 32.0 Å². The van der Waals surface area contributed by atoms with Crippen LogP contribution in [0.1, 0.15) is 6.42 Å². The average molecular weight is 161 g/mol. The van der Waals surface area contributed by atoms with Gasteiger partial charge < -0.3 is 20.3 Å². The van der Waals surface area contributed by atoms with Crippen LogP contribution in [0.25, 0.3) is 0 Å². The Bertz CT molecular complexity index is 104. The number of rotatable bonds is 4. The lowest BCUT2D eigenvalue weighted by atomic mass is 10.3. The Balaban J connectivity index is 2.01. The summed E-state index contributed by atoms with van der Waals surface area (Å²) in [5.41, 5.74) is 5.44. The number of hydrogen-bond acceptors (Lipinski definition) is 4. The summed E-state index contributed by atoms with van der Waals surface area (Å²) >= 11 is 0. The van der Waals surface area contributed by atoms with Crippen LogP contribution in [-0.4, -0.2) is 43.7 Å². The maximum absolute atomic E-state index is 8.57. The van der Waals surface area contributed by atoms with Crippen molar-refractivity contribution in [2.45, 2.75) is 18.6 Å². The topological polar surface area (TPSA) is 64.7 Å². The second kappa shape index (κ2) is 4.66. The summed E-state index contributed by atoms with van der Waals surface area (Å²) in [7, 11) is 0. The van der Waals surface area contributed by atoms with Crippen LogP contribution in [0.2, 0.25) is 0 Å². The molecule has 0 aromatic carbocycles. The summed E-state index contributed by atoms with van der Waals surface area (Å²) in [6, 6.07) is -0.254. The summed E-state index contributed by atoms with van der Waals surface area (Å²) in [5.74, 6) is 0. The van der Waals surface area contributed by atoms with Crippen LogP contribution in [0.3, 0.4) is 0 Å². The van der Waals surface area contributed by atoms with Gasteiger partial charge in [0.15, 0.2) is 0 Å². The van der Waals surface area contributed by atoms with E-state index < -0.39 is 0 Å². The van der Waals surface area contributed by atoms with Gasteiger partial charge in [-0.25, -0.2) is 0 Å². The van der Waals surface area contributed by atoms with E-state index in [4.69, 9.17) is 20.3 Å². The predicted molar refractivity (Wildman–Crippen MR) is 40.2 cm³/mol. The molecule has 3 N–H and O–H groups in total. The third-order valence-corrected chi connectivity index (χ3v) is 1.67. The zero-order valence-corrected chi connectivity index (χ0v) is 6.53. The van der Waals surface area contributed by atoms with Gasteiger partial charge in [-0.1, -0.05) is 0 Å². The molecular weight excluding hydrogens is 146 g/mol. The molecule has 4 nitrogen and oxygen atoms in total. The third-order valence-electron chi connectivity index (χ3n) is 1.67. The van der Waals surface area contributed by atoms with Crippen molar-refractivity contribution in [1.29, 1.82) is 0 Å². The molecule has 0 bridgehead atoms. The lowest BCUT2D eigenvalue weighted by Crippen LogP contribution is -2.32. The Morgan fingerprint density at radius 1 is 1.73 bits per heavy atom. The van der Waals surface area contributed by atoms with Gasteiger partial charge >= 0.3 is 0 Å². The molecule has 1 rings (SSSR count). The summed E-state index contributed by atoms with van der Waals surface area (Å²) in [5, 5.41) is 8.57. The lowest BCUT2D eigenvalue weighted by Gasteiger charge is -2.12. The van der Waals surface area contributed by atoms with E-state index in [-0.39, 0.29) is 18.8 Å². The molecule has 11 heavy (non-hydrogen) atoms. The largest absolute Gasteiger partial charge is 0.395 e. The van der Waals surface area contributed by atoms with Gasteiger partial charge in [0.25, 0.3) is 0 Å². The van der Waals surface area contributed by atoms with Gasteiger partial charge in [-0.3, -0.25) is 0 Å². The normalized spacial score (nSPS) is 27.3. The molecule has 0 saturated carbocycles. The first-order valence-corrected chi connectivity index (χ1v) is 3.88. The highest BCUT2D eigenvalue weighted by atomic mass is 16.5. The smallest absolute Gasteiger partial charge is 0.0831 e. The summed E-state index contributed by atoms with van der Waals surface area (Å²) in [6.07, 6.45) is 1.13. The maximum atomic E-state index is 8.57. The minimum Gasteiger partial charge on any atom is -0.395 e. The fourth-order valence-electron chi connectivity index (χ4n) is 0.957. The molecule has 0 aromatic rings. The Hall–Kier alpha value is -0.160. The van der Waals surface area contributed by atoms with E-state index in [9.17, 15) is 0 Å². The van der Waals surface area contributed by atoms with Crippen molar-refractivity contribution in [1.82, 2.24) is 0 Å². The SMILES string of the molecule is NC(CO)COC1CCOC1. The zero-order valence-electron chi connectivity index (χ0n) is 6.53. The Kier molecular flexibility index (Phi) is 3.79. The van der Waals surface area contributed by atoms with Crippen molar-refractivity contribution < 1.29 is 14.6 Å². The van der Waals surface area contributed by atoms with Crippen molar-refractivity contribution in [2.24, 2.45) is 5.73 Å². The van der Waals surface area contributed by atoms with E-state index in [1.54, 1.807) is 0 Å². The van der Waals surface area contributed by atoms with E-state index in [1.807, 2.05) is 0 Å². The van der Waals surface area contributed by atoms with E-state index in [0.29, 0.717) is 13.2 Å². The van der Waals surface area contributed by atoms with Crippen LogP contribution < -0.4 is 5.73 Å². The highest BCUT2D eigenvalue weighted by Gasteiger charge is 2.16. The first-order chi connectivity index (χ1) is 5.33. The number of aliphatic hydroxyl groups is 1. The van der Waals surface area contributed by atoms with E-state index in [0.717, 1.165) is 13.0 Å². The molecule has 0 aliphatic carbocycles. The number of ether oxygens (including phenoxy) is 2. The van der Waals surface area contributed by atoms with Crippen molar-refractivity contribution in [3.05, 3.63) is 0 Å². The molecule has 66 valence electrons. The van der Waals surface area contributed by atoms with Crippen molar-refractivity contribution >= 4 is 0 Å². The summed E-state index contributed by atoms with van der Waals surface area (Å²) in [6.45, 7) is 1.84. The van der Waals surface area contributed by atoms with Crippen LogP contribution >= 0.6 is 0 Å². The summed E-state index contributed by atoms with van der Waals surface area (Å²) < 4.78 is 10.4. The monoisotopic (exact) mass is 161 g/mol. The van der Waals surface area contributed by atoms with Crippen molar-refractivity contribution in [3.8, 4) is 0 Å². The van der Waals surface area contributed by atoms with Gasteiger partial charge in [-0.2, -0.15) is 0 Å². The summed E-state index contributed by atoms with van der Waals surface area (Å²) in [4.78, 5) is 0. The minimum absolute atomic E-state index is 0.0203. The van der Waals surface area contributed by atoms with Crippen LogP contribution in [0.5, 0.6) is 0 Å². The number of aliphatic hydroxyl groups excluding tert-OH is 1. The standard InChI is InChI=1S/C7H15NO3/c8-6(3-9)4-11-7-1-2-10-5-7/h6-7,9H,1-5,8H2. The van der Waals surface area contributed by atoms with Crippen LogP contribution in [-0.2, 0) is 9.47 Å². The van der Waals surface area contributed by atoms with Crippen LogP contribution in [0.4, 0.5) is 0 Å². The fraction of sp³-hybridized carbons (Fsp3) is 1.00. The van der Waals surface area contributed by atoms with Crippen molar-refractivity contribution in [3.63, 3.8) is 0 Å². The Morgan fingerprint density at radius 2 is 2.55 bits per heavy atom. The molecule has 2 unspecified atom stereocenters. The number of nitrogens with two attached hydrogens (primary N) is 1. The molecule has 1 saturated heterocycles. The van der Waals surface area contributed by atoms with E-state index >= 15 is 0 Å². The molecule has 1 aliphatic rings. The molecular formula is C7H15NO3. The minimum atomic E-state index is -0.254. The molecule has 2 atom stereocenters. The molecule has 1 heterocycles. The third kappa shape index (κ3) is 3.16. The Morgan fingerprint density at radius 3 is 3.09 bits per heavy atom. The van der Waals surface area contributed by atoms with Gasteiger partial charge in [0, 0.05) is 6.61 Å². The van der Waals surface area contributed by atoms with Gasteiger partial charge in [-0.15, -0.1) is 0 Å². The second-order valence-corrected chi connectivity index (χ2v) is 2.76. The van der Waals surface area contributed by atoms with Gasteiger partial charge in [0.2, 0.25) is 0 Å². The highest BCUT2D eigenvalue weighted by molar-refractivity contribution is 4.65. The van der Waals surface area contributed by atoms with Gasteiger partial charge in [0.1, 0.15) is 0 Å². The second-order valence-electron chi connectivity index (χ2n) is 2.76. The molecule has 0 aromatic heterocycles. The van der Waals surface area contributed by atoms with Crippen LogP contribution in [0.15, 0.2) is 0 Å². The van der Waals surface area contributed by atoms with E-state index in [1.165, 1.54) is 0 Å². The molecule has 0 radical (unpaired) electrons. The van der Waals surface area contributed by atoms with Gasteiger partial charge in [-0.05, 0) is 6.42 Å². The average Bonchev–Trinajstić information content (AvgIpc) is 2.52. The van der Waals surface area contributed by atoms with Crippen molar-refractivity contribution in [2.75, 3.05) is 26.4 Å².